The van der Waals surface area contributed by atoms with Crippen LogP contribution in [-0.4, -0.2) is 27.4 Å². The van der Waals surface area contributed by atoms with Crippen molar-refractivity contribution in [2.75, 3.05) is 11.9 Å². The molecule has 1 rings (SSSR count). The van der Waals surface area contributed by atoms with E-state index in [2.05, 4.69) is 10.4 Å². The van der Waals surface area contributed by atoms with Gasteiger partial charge < -0.3 is 5.32 Å². The summed E-state index contributed by atoms with van der Waals surface area (Å²) < 4.78 is 37.6. The highest BCUT2D eigenvalue weighted by atomic mass is 19.4. The summed E-state index contributed by atoms with van der Waals surface area (Å²) in [5.74, 6) is 0.250. The van der Waals surface area contributed by atoms with Gasteiger partial charge in [0.1, 0.15) is 5.69 Å². The SMILES string of the molecule is Cc1nn(C(C)C)c(NCCCCC(F)(F)F)c1[N+](=O)[O-]. The van der Waals surface area contributed by atoms with Crippen LogP contribution < -0.4 is 5.32 Å². The number of anilines is 1. The molecule has 0 amide bonds. The van der Waals surface area contributed by atoms with Gasteiger partial charge in [0.2, 0.25) is 5.82 Å². The number of hydrogen-bond donors (Lipinski definition) is 1. The van der Waals surface area contributed by atoms with E-state index in [9.17, 15) is 23.3 Å². The molecule has 1 heterocycles. The van der Waals surface area contributed by atoms with Crippen molar-refractivity contribution in [2.24, 2.45) is 0 Å². The molecule has 0 saturated carbocycles. The van der Waals surface area contributed by atoms with Crippen LogP contribution in [0.3, 0.4) is 0 Å². The number of halogens is 3. The quantitative estimate of drug-likeness (QED) is 0.472. The molecule has 1 aromatic rings. The van der Waals surface area contributed by atoms with Crippen molar-refractivity contribution in [1.82, 2.24) is 9.78 Å². The number of nitrogens with zero attached hydrogens (tertiary/aromatic N) is 3. The second-order valence-corrected chi connectivity index (χ2v) is 5.08. The molecule has 0 radical (unpaired) electrons. The lowest BCUT2D eigenvalue weighted by atomic mass is 10.2. The standard InChI is InChI=1S/C12H19F3N4O2/c1-8(2)18-11(10(19(20)21)9(3)17-18)16-7-5-4-6-12(13,14)15/h8,16H,4-7H2,1-3H3. The number of rotatable bonds is 7. The molecule has 0 aromatic carbocycles. The van der Waals surface area contributed by atoms with Gasteiger partial charge in [-0.15, -0.1) is 0 Å². The van der Waals surface area contributed by atoms with Crippen molar-refractivity contribution in [3.63, 3.8) is 0 Å². The molecule has 0 unspecified atom stereocenters. The monoisotopic (exact) mass is 308 g/mol. The molecule has 0 aliphatic rings. The molecule has 6 nitrogen and oxygen atoms in total. The van der Waals surface area contributed by atoms with Gasteiger partial charge in [-0.2, -0.15) is 18.3 Å². The van der Waals surface area contributed by atoms with Crippen molar-refractivity contribution in [3.05, 3.63) is 15.8 Å². The van der Waals surface area contributed by atoms with Crippen molar-refractivity contribution >= 4 is 11.5 Å². The zero-order valence-electron chi connectivity index (χ0n) is 12.2. The fourth-order valence-electron chi connectivity index (χ4n) is 1.95. The van der Waals surface area contributed by atoms with Crippen LogP contribution in [0, 0.1) is 17.0 Å². The highest BCUT2D eigenvalue weighted by molar-refractivity contribution is 5.59. The average Bonchev–Trinajstić information content (AvgIpc) is 2.64. The van der Waals surface area contributed by atoms with E-state index < -0.39 is 17.5 Å². The molecule has 9 heteroatoms. The maximum absolute atomic E-state index is 12.0. The summed E-state index contributed by atoms with van der Waals surface area (Å²) >= 11 is 0. The first-order valence-corrected chi connectivity index (χ1v) is 6.67. The number of nitro groups is 1. The molecule has 120 valence electrons. The second kappa shape index (κ2) is 6.77. The van der Waals surface area contributed by atoms with E-state index in [1.54, 1.807) is 0 Å². The molecule has 0 atom stereocenters. The Balaban J connectivity index is 2.71. The number of aryl methyl sites for hydroxylation is 1. The maximum Gasteiger partial charge on any atom is 0.389 e. The summed E-state index contributed by atoms with van der Waals surface area (Å²) in [5, 5.41) is 18.0. The van der Waals surface area contributed by atoms with E-state index in [1.807, 2.05) is 13.8 Å². The number of unbranched alkanes of at least 4 members (excludes halogenated alkanes) is 1. The van der Waals surface area contributed by atoms with E-state index in [0.29, 0.717) is 0 Å². The van der Waals surface area contributed by atoms with Gasteiger partial charge >= 0.3 is 11.9 Å². The van der Waals surface area contributed by atoms with Crippen LogP contribution in [0.25, 0.3) is 0 Å². The molecule has 0 spiro atoms. The summed E-state index contributed by atoms with van der Waals surface area (Å²) in [5.41, 5.74) is 0.158. The molecule has 0 fully saturated rings. The van der Waals surface area contributed by atoms with Gasteiger partial charge in [-0.25, -0.2) is 4.68 Å². The molecule has 21 heavy (non-hydrogen) atoms. The van der Waals surface area contributed by atoms with Crippen LogP contribution in [0.15, 0.2) is 0 Å². The van der Waals surface area contributed by atoms with E-state index >= 15 is 0 Å². The smallest absolute Gasteiger partial charge is 0.365 e. The van der Waals surface area contributed by atoms with E-state index in [1.165, 1.54) is 11.6 Å². The Bertz CT molecular complexity index is 497. The predicted molar refractivity (Wildman–Crippen MR) is 72.4 cm³/mol. The van der Waals surface area contributed by atoms with Crippen LogP contribution in [0.5, 0.6) is 0 Å². The summed E-state index contributed by atoms with van der Waals surface area (Å²) in [7, 11) is 0. The lowest BCUT2D eigenvalue weighted by Gasteiger charge is -2.12. The highest BCUT2D eigenvalue weighted by Gasteiger charge is 2.27. The molecule has 0 saturated heterocycles. The van der Waals surface area contributed by atoms with E-state index in [-0.39, 0.29) is 42.6 Å². The molecule has 1 aromatic heterocycles. The lowest BCUT2D eigenvalue weighted by molar-refractivity contribution is -0.384. The van der Waals surface area contributed by atoms with Crippen LogP contribution in [-0.2, 0) is 0 Å². The largest absolute Gasteiger partial charge is 0.389 e. The lowest BCUT2D eigenvalue weighted by Crippen LogP contribution is -2.13. The molecular formula is C12H19F3N4O2. The number of hydrogen-bond acceptors (Lipinski definition) is 4. The molecule has 1 N–H and O–H groups in total. The van der Waals surface area contributed by atoms with Gasteiger partial charge in [-0.05, 0) is 33.6 Å². The van der Waals surface area contributed by atoms with Crippen molar-refractivity contribution in [3.8, 4) is 0 Å². The maximum atomic E-state index is 12.0. The fourth-order valence-corrected chi connectivity index (χ4v) is 1.95. The third-order valence-electron chi connectivity index (χ3n) is 2.91. The zero-order chi connectivity index (χ0) is 16.2. The van der Waals surface area contributed by atoms with Gasteiger partial charge in [0.25, 0.3) is 0 Å². The molecule has 0 bridgehead atoms. The van der Waals surface area contributed by atoms with E-state index in [0.717, 1.165) is 0 Å². The fraction of sp³-hybridized carbons (Fsp3) is 0.750. The van der Waals surface area contributed by atoms with Crippen LogP contribution in [0.4, 0.5) is 24.7 Å². The number of alkyl halides is 3. The first kappa shape index (κ1) is 17.3. The van der Waals surface area contributed by atoms with Gasteiger partial charge in [-0.1, -0.05) is 0 Å². The topological polar surface area (TPSA) is 73.0 Å². The third-order valence-corrected chi connectivity index (χ3v) is 2.91. The first-order chi connectivity index (χ1) is 9.63. The molecule has 0 aliphatic heterocycles. The zero-order valence-corrected chi connectivity index (χ0v) is 12.2. The Morgan fingerprint density at radius 2 is 2.00 bits per heavy atom. The number of aromatic nitrogens is 2. The molecular weight excluding hydrogens is 289 g/mol. The Kier molecular flexibility index (Phi) is 5.56. The van der Waals surface area contributed by atoms with E-state index in [4.69, 9.17) is 0 Å². The average molecular weight is 308 g/mol. The highest BCUT2D eigenvalue weighted by Crippen LogP contribution is 2.30. The van der Waals surface area contributed by atoms with Crippen LogP contribution >= 0.6 is 0 Å². The van der Waals surface area contributed by atoms with Crippen LogP contribution in [0.1, 0.15) is 44.8 Å². The van der Waals surface area contributed by atoms with Crippen molar-refractivity contribution in [2.45, 2.75) is 52.3 Å². The summed E-state index contributed by atoms with van der Waals surface area (Å²) in [6.07, 6.45) is -4.75. The first-order valence-electron chi connectivity index (χ1n) is 6.67. The van der Waals surface area contributed by atoms with Gasteiger partial charge in [0.05, 0.1) is 4.92 Å². The summed E-state index contributed by atoms with van der Waals surface area (Å²) in [6.45, 7) is 5.41. The normalized spacial score (nSPS) is 12.0. The summed E-state index contributed by atoms with van der Waals surface area (Å²) in [6, 6.07) is -0.0879. The third kappa shape index (κ3) is 4.91. The van der Waals surface area contributed by atoms with Gasteiger partial charge in [0.15, 0.2) is 0 Å². The Labute approximate surface area is 120 Å². The minimum atomic E-state index is -4.16. The molecule has 0 aliphatic carbocycles. The predicted octanol–water partition coefficient (Wildman–Crippen LogP) is 3.83. The van der Waals surface area contributed by atoms with Gasteiger partial charge in [-0.3, -0.25) is 10.1 Å². The summed E-state index contributed by atoms with van der Waals surface area (Å²) in [4.78, 5) is 10.5. The number of nitrogens with one attached hydrogen (secondary N) is 1. The minimum absolute atomic E-state index is 0.0148. The Morgan fingerprint density at radius 1 is 1.38 bits per heavy atom. The van der Waals surface area contributed by atoms with Gasteiger partial charge in [0, 0.05) is 19.0 Å². The van der Waals surface area contributed by atoms with Crippen molar-refractivity contribution in [1.29, 1.82) is 0 Å². The van der Waals surface area contributed by atoms with Crippen LogP contribution in [0.2, 0.25) is 0 Å². The minimum Gasteiger partial charge on any atom is -0.365 e. The Hall–Kier alpha value is -1.80. The Morgan fingerprint density at radius 3 is 2.48 bits per heavy atom. The van der Waals surface area contributed by atoms with Crippen molar-refractivity contribution < 1.29 is 18.1 Å². The second-order valence-electron chi connectivity index (χ2n) is 5.08.